The number of nitrogens with one attached hydrogen (secondary N) is 1. The zero-order valence-electron chi connectivity index (χ0n) is 27.0. The lowest BCUT2D eigenvalue weighted by atomic mass is 9.55. The number of fused-ring (bicyclic) bond motifs is 9. The molecule has 9 rings (SSSR count). The summed E-state index contributed by atoms with van der Waals surface area (Å²) in [6, 6.07) is 54.5. The van der Waals surface area contributed by atoms with Crippen molar-refractivity contribution in [1.29, 1.82) is 5.26 Å². The molecule has 6 aromatic rings. The quantitative estimate of drug-likeness (QED) is 0.215. The summed E-state index contributed by atoms with van der Waals surface area (Å²) in [7, 11) is 0. The highest BCUT2D eigenvalue weighted by Gasteiger charge is 2.53. The van der Waals surface area contributed by atoms with E-state index in [1.165, 1.54) is 44.5 Å². The van der Waals surface area contributed by atoms with Crippen LogP contribution < -0.4 is 5.32 Å². The van der Waals surface area contributed by atoms with Crippen LogP contribution in [0, 0.1) is 11.3 Å². The molecule has 3 aliphatic rings. The van der Waals surface area contributed by atoms with E-state index in [1.807, 2.05) is 30.3 Å². The van der Waals surface area contributed by atoms with Crippen LogP contribution in [0.2, 0.25) is 0 Å². The Morgan fingerprint density at radius 3 is 1.81 bits per heavy atom. The maximum Gasteiger partial charge on any atom is 0.0991 e. The van der Waals surface area contributed by atoms with Crippen molar-refractivity contribution in [3.63, 3.8) is 0 Å². The third-order valence-electron chi connectivity index (χ3n) is 10.8. The van der Waals surface area contributed by atoms with Crippen molar-refractivity contribution >= 4 is 5.70 Å². The molecular weight excluding hydrogens is 583 g/mol. The number of benzene rings is 6. The van der Waals surface area contributed by atoms with Crippen LogP contribution in [0.25, 0.3) is 22.1 Å². The van der Waals surface area contributed by atoms with E-state index in [9.17, 15) is 5.26 Å². The molecule has 2 atom stereocenters. The van der Waals surface area contributed by atoms with E-state index in [4.69, 9.17) is 5.32 Å². The average Bonchev–Trinajstić information content (AvgIpc) is 3.44. The van der Waals surface area contributed by atoms with Gasteiger partial charge in [0.1, 0.15) is 0 Å². The molecule has 3 heteroatoms. The van der Waals surface area contributed by atoms with E-state index in [0.717, 1.165) is 22.4 Å². The normalized spacial score (nSPS) is 19.1. The van der Waals surface area contributed by atoms with Gasteiger partial charge in [-0.3, -0.25) is 0 Å². The molecule has 1 heterocycles. The summed E-state index contributed by atoms with van der Waals surface area (Å²) >= 11 is 0. The first-order chi connectivity index (χ1) is 23.5. The molecule has 0 aromatic heterocycles. The van der Waals surface area contributed by atoms with Crippen molar-refractivity contribution in [3.8, 4) is 17.2 Å². The second-order valence-corrected chi connectivity index (χ2v) is 13.6. The van der Waals surface area contributed by atoms with Crippen LogP contribution >= 0.6 is 0 Å². The topological polar surface area (TPSA) is 49.9 Å². The molecule has 0 fully saturated rings. The summed E-state index contributed by atoms with van der Waals surface area (Å²) < 4.78 is 0. The van der Waals surface area contributed by atoms with Gasteiger partial charge in [0.15, 0.2) is 0 Å². The van der Waals surface area contributed by atoms with E-state index in [-0.39, 0.29) is 17.6 Å². The maximum atomic E-state index is 9.42. The fraction of sp³-hybridized carbons (Fsp3) is 0.133. The van der Waals surface area contributed by atoms with Crippen LogP contribution in [0.15, 0.2) is 152 Å². The van der Waals surface area contributed by atoms with Gasteiger partial charge in [0.25, 0.3) is 0 Å². The molecule has 3 nitrogen and oxygen atoms in total. The Morgan fingerprint density at radius 1 is 0.583 bits per heavy atom. The summed E-state index contributed by atoms with van der Waals surface area (Å²) in [4.78, 5) is 0. The number of nitriles is 1. The van der Waals surface area contributed by atoms with E-state index in [0.29, 0.717) is 5.56 Å². The van der Waals surface area contributed by atoms with Gasteiger partial charge in [0.2, 0.25) is 0 Å². The van der Waals surface area contributed by atoms with Gasteiger partial charge in [-0.2, -0.15) is 5.26 Å². The van der Waals surface area contributed by atoms with Gasteiger partial charge in [0, 0.05) is 11.1 Å². The second kappa shape index (κ2) is 10.7. The van der Waals surface area contributed by atoms with Crippen molar-refractivity contribution in [2.75, 3.05) is 0 Å². The predicted octanol–water partition coefficient (Wildman–Crippen LogP) is 10.3. The molecule has 2 unspecified atom stereocenters. The monoisotopic (exact) mass is 616 g/mol. The molecular formula is C45H34N3-. The van der Waals surface area contributed by atoms with E-state index in [1.54, 1.807) is 0 Å². The smallest absolute Gasteiger partial charge is 0.0991 e. The van der Waals surface area contributed by atoms with Gasteiger partial charge in [-0.25, -0.2) is 0 Å². The van der Waals surface area contributed by atoms with Crippen LogP contribution in [-0.2, 0) is 10.8 Å². The zero-order chi connectivity index (χ0) is 32.5. The predicted molar refractivity (Wildman–Crippen MR) is 193 cm³/mol. The summed E-state index contributed by atoms with van der Waals surface area (Å²) in [5.74, 6) is 0. The molecule has 1 N–H and O–H groups in total. The van der Waals surface area contributed by atoms with Crippen molar-refractivity contribution in [2.24, 2.45) is 0 Å². The summed E-state index contributed by atoms with van der Waals surface area (Å²) in [5, 5.41) is 18.6. The Labute approximate surface area is 282 Å². The Hall–Kier alpha value is -5.69. The van der Waals surface area contributed by atoms with E-state index >= 15 is 0 Å². The van der Waals surface area contributed by atoms with Gasteiger partial charge in [-0.1, -0.05) is 165 Å². The Morgan fingerprint density at radius 2 is 1.15 bits per heavy atom. The second-order valence-electron chi connectivity index (χ2n) is 13.6. The third-order valence-corrected chi connectivity index (χ3v) is 10.8. The molecule has 0 bridgehead atoms. The molecule has 230 valence electrons. The fourth-order valence-corrected chi connectivity index (χ4v) is 8.55. The molecule has 6 aromatic carbocycles. The summed E-state index contributed by atoms with van der Waals surface area (Å²) in [5.41, 5.74) is 15.1. The molecule has 2 aliphatic carbocycles. The lowest BCUT2D eigenvalue weighted by Gasteiger charge is -2.47. The minimum atomic E-state index is -0.454. The van der Waals surface area contributed by atoms with Crippen LogP contribution in [0.4, 0.5) is 0 Å². The van der Waals surface area contributed by atoms with E-state index in [2.05, 4.69) is 147 Å². The van der Waals surface area contributed by atoms with Crippen molar-refractivity contribution in [1.82, 2.24) is 5.32 Å². The molecule has 0 saturated heterocycles. The first-order valence-electron chi connectivity index (χ1n) is 16.7. The van der Waals surface area contributed by atoms with Gasteiger partial charge < -0.3 is 10.6 Å². The van der Waals surface area contributed by atoms with Crippen molar-refractivity contribution < 1.29 is 0 Å². The molecule has 0 radical (unpaired) electrons. The van der Waals surface area contributed by atoms with Crippen LogP contribution in [0.5, 0.6) is 0 Å². The molecule has 1 aliphatic heterocycles. The minimum Gasteiger partial charge on any atom is -0.629 e. The Kier molecular flexibility index (Phi) is 6.34. The van der Waals surface area contributed by atoms with Gasteiger partial charge >= 0.3 is 0 Å². The van der Waals surface area contributed by atoms with Crippen molar-refractivity contribution in [3.05, 3.63) is 213 Å². The first-order valence-corrected chi connectivity index (χ1v) is 16.7. The molecule has 0 saturated carbocycles. The maximum absolute atomic E-state index is 9.42. The average molecular weight is 617 g/mol. The minimum absolute atomic E-state index is 0.141. The summed E-state index contributed by atoms with van der Waals surface area (Å²) in [6.07, 6.45) is 1.93. The van der Waals surface area contributed by atoms with Crippen LogP contribution in [0.3, 0.4) is 0 Å². The van der Waals surface area contributed by atoms with Gasteiger partial charge in [0.05, 0.1) is 17.0 Å². The largest absolute Gasteiger partial charge is 0.629 e. The number of hydrogen-bond acceptors (Lipinski definition) is 2. The molecule has 1 spiro atoms. The van der Waals surface area contributed by atoms with Crippen LogP contribution in [0.1, 0.15) is 81.7 Å². The number of rotatable bonds is 3. The highest BCUT2D eigenvalue weighted by molar-refractivity contribution is 5.88. The zero-order valence-corrected chi connectivity index (χ0v) is 27.0. The highest BCUT2D eigenvalue weighted by Crippen LogP contribution is 2.62. The van der Waals surface area contributed by atoms with Gasteiger partial charge in [-0.05, 0) is 73.9 Å². The molecule has 48 heavy (non-hydrogen) atoms. The highest BCUT2D eigenvalue weighted by atomic mass is 15.2. The Balaban J connectivity index is 1.25. The molecule has 0 amide bonds. The number of nitrogens with zero attached hydrogens (tertiary/aromatic N) is 2. The SMILES string of the molecule is CC1(C)c2ccccc2C2(c3ccccc3-c3ccc(C4[N-]C(c5ccc(C#N)cc5)C=C(c5ccccc5)N4)cc32)c2ccccc21. The standard InChI is InChI=1S/C45H34N3/c1-44(2)36-16-8-10-18-38(36)45(39-19-11-9-17-37(39)44)35-15-7-6-14-33(35)34-25-24-32(26-40(34)45)43-47-41(30-12-4-3-5-13-30)27-42(48-43)31-22-20-29(28-46)21-23-31/h3-27,42-43,47H,1-2H3/q-1. The summed E-state index contributed by atoms with van der Waals surface area (Å²) in [6.45, 7) is 4.72. The van der Waals surface area contributed by atoms with Gasteiger partial charge in [-0.15, -0.1) is 0 Å². The lowest BCUT2D eigenvalue weighted by molar-refractivity contribution is 0.562. The van der Waals surface area contributed by atoms with Crippen molar-refractivity contribution in [2.45, 2.75) is 36.9 Å². The first kappa shape index (κ1) is 28.5. The van der Waals surface area contributed by atoms with Crippen LogP contribution in [-0.4, -0.2) is 0 Å². The Bertz CT molecular complexity index is 2240. The fourth-order valence-electron chi connectivity index (χ4n) is 8.55. The lowest BCUT2D eigenvalue weighted by Crippen LogP contribution is -2.40. The number of hydrogen-bond donors (Lipinski definition) is 1. The third kappa shape index (κ3) is 4.03. The van der Waals surface area contributed by atoms with E-state index < -0.39 is 5.41 Å².